The molecule has 0 unspecified atom stereocenters. The molecular formula is C16H18N2O. The predicted octanol–water partition coefficient (Wildman–Crippen LogP) is 2.69. The smallest absolute Gasteiger partial charge is 0.246 e. The van der Waals surface area contributed by atoms with Gasteiger partial charge in [0.1, 0.15) is 6.54 Å². The molecule has 0 saturated carbocycles. The van der Waals surface area contributed by atoms with Crippen LogP contribution in [0.25, 0.3) is 0 Å². The van der Waals surface area contributed by atoms with E-state index in [-0.39, 0.29) is 5.91 Å². The number of rotatable bonds is 2. The highest BCUT2D eigenvalue weighted by Crippen LogP contribution is 2.27. The van der Waals surface area contributed by atoms with Crippen molar-refractivity contribution in [1.82, 2.24) is 4.57 Å². The van der Waals surface area contributed by atoms with Crippen LogP contribution in [0.4, 0.5) is 5.69 Å². The van der Waals surface area contributed by atoms with Gasteiger partial charge in [0.05, 0.1) is 0 Å². The lowest BCUT2D eigenvalue weighted by molar-refractivity contribution is -0.119. The summed E-state index contributed by atoms with van der Waals surface area (Å²) in [6.07, 6.45) is 0.964. The molecule has 19 heavy (non-hydrogen) atoms. The van der Waals surface area contributed by atoms with Gasteiger partial charge in [-0.25, -0.2) is 0 Å². The number of anilines is 1. The third-order valence-electron chi connectivity index (χ3n) is 3.90. The van der Waals surface area contributed by atoms with Crippen molar-refractivity contribution in [1.29, 1.82) is 0 Å². The third-order valence-corrected chi connectivity index (χ3v) is 3.90. The zero-order chi connectivity index (χ0) is 13.4. The van der Waals surface area contributed by atoms with Gasteiger partial charge in [0, 0.05) is 23.6 Å². The molecule has 1 aromatic heterocycles. The molecule has 3 heteroatoms. The van der Waals surface area contributed by atoms with Crippen LogP contribution in [0.15, 0.2) is 36.4 Å². The van der Waals surface area contributed by atoms with Crippen LogP contribution in [-0.4, -0.2) is 17.0 Å². The van der Waals surface area contributed by atoms with Crippen molar-refractivity contribution >= 4 is 11.6 Å². The molecule has 1 amide bonds. The summed E-state index contributed by atoms with van der Waals surface area (Å²) in [6, 6.07) is 12.3. The van der Waals surface area contributed by atoms with Crippen LogP contribution in [0.2, 0.25) is 0 Å². The molecule has 0 aliphatic carbocycles. The minimum absolute atomic E-state index is 0.173. The van der Waals surface area contributed by atoms with Gasteiger partial charge < -0.3 is 9.47 Å². The summed E-state index contributed by atoms with van der Waals surface area (Å²) in [6.45, 7) is 5.31. The quantitative estimate of drug-likeness (QED) is 0.809. The monoisotopic (exact) mass is 254 g/mol. The van der Waals surface area contributed by atoms with Gasteiger partial charge in [-0.05, 0) is 44.0 Å². The van der Waals surface area contributed by atoms with E-state index >= 15 is 0 Å². The first kappa shape index (κ1) is 12.0. The number of hydrogen-bond donors (Lipinski definition) is 0. The predicted molar refractivity (Wildman–Crippen MR) is 76.4 cm³/mol. The lowest BCUT2D eigenvalue weighted by Gasteiger charge is -2.19. The van der Waals surface area contributed by atoms with Crippen molar-refractivity contribution in [2.75, 3.05) is 11.4 Å². The maximum absolute atomic E-state index is 12.5. The summed E-state index contributed by atoms with van der Waals surface area (Å²) in [5, 5.41) is 0. The summed E-state index contributed by atoms with van der Waals surface area (Å²) < 4.78 is 2.07. The SMILES string of the molecule is Cc1ccc(C)n1CC(=O)N1CCc2ccccc21. The van der Waals surface area contributed by atoms with Gasteiger partial charge in [0.25, 0.3) is 0 Å². The normalized spacial score (nSPS) is 13.7. The Morgan fingerprint density at radius 3 is 2.53 bits per heavy atom. The first-order valence-corrected chi connectivity index (χ1v) is 6.68. The van der Waals surface area contributed by atoms with Crippen LogP contribution in [0.3, 0.4) is 0 Å². The van der Waals surface area contributed by atoms with E-state index in [0.29, 0.717) is 6.54 Å². The highest BCUT2D eigenvalue weighted by atomic mass is 16.2. The highest BCUT2D eigenvalue weighted by Gasteiger charge is 2.24. The van der Waals surface area contributed by atoms with Crippen LogP contribution in [0.1, 0.15) is 17.0 Å². The first-order chi connectivity index (χ1) is 9.16. The second-order valence-corrected chi connectivity index (χ2v) is 5.13. The lowest BCUT2D eigenvalue weighted by atomic mass is 10.2. The number of para-hydroxylation sites is 1. The van der Waals surface area contributed by atoms with E-state index in [0.717, 1.165) is 30.0 Å². The van der Waals surface area contributed by atoms with Gasteiger partial charge >= 0.3 is 0 Å². The van der Waals surface area contributed by atoms with Crippen LogP contribution >= 0.6 is 0 Å². The molecule has 3 nitrogen and oxygen atoms in total. The molecule has 3 rings (SSSR count). The number of amides is 1. The summed E-state index contributed by atoms with van der Waals surface area (Å²) in [7, 11) is 0. The van der Waals surface area contributed by atoms with E-state index in [4.69, 9.17) is 0 Å². The zero-order valence-corrected chi connectivity index (χ0v) is 11.4. The Morgan fingerprint density at radius 2 is 1.79 bits per heavy atom. The van der Waals surface area contributed by atoms with Crippen molar-refractivity contribution in [3.05, 3.63) is 53.3 Å². The van der Waals surface area contributed by atoms with E-state index in [1.165, 1.54) is 5.56 Å². The Hall–Kier alpha value is -2.03. The summed E-state index contributed by atoms with van der Waals surface area (Å²) in [5.41, 5.74) is 4.63. The summed E-state index contributed by atoms with van der Waals surface area (Å²) in [5.74, 6) is 0.173. The largest absolute Gasteiger partial charge is 0.340 e. The summed E-state index contributed by atoms with van der Waals surface area (Å²) in [4.78, 5) is 14.4. The van der Waals surface area contributed by atoms with Gasteiger partial charge in [-0.15, -0.1) is 0 Å². The number of carbonyl (C=O) groups is 1. The number of nitrogens with zero attached hydrogens (tertiary/aromatic N) is 2. The fourth-order valence-corrected chi connectivity index (χ4v) is 2.77. The molecule has 1 aliphatic rings. The Kier molecular flexibility index (Phi) is 2.90. The van der Waals surface area contributed by atoms with Crippen molar-refractivity contribution < 1.29 is 4.79 Å². The van der Waals surface area contributed by atoms with E-state index in [1.807, 2.05) is 36.9 Å². The van der Waals surface area contributed by atoms with Crippen LogP contribution in [0.5, 0.6) is 0 Å². The van der Waals surface area contributed by atoms with E-state index in [1.54, 1.807) is 0 Å². The Morgan fingerprint density at radius 1 is 1.11 bits per heavy atom. The molecule has 2 aromatic rings. The number of hydrogen-bond acceptors (Lipinski definition) is 1. The van der Waals surface area contributed by atoms with E-state index in [9.17, 15) is 4.79 Å². The molecule has 0 N–H and O–H groups in total. The van der Waals surface area contributed by atoms with Gasteiger partial charge in [-0.2, -0.15) is 0 Å². The second kappa shape index (κ2) is 4.57. The molecule has 0 fully saturated rings. The molecule has 0 spiro atoms. The maximum Gasteiger partial charge on any atom is 0.246 e. The second-order valence-electron chi connectivity index (χ2n) is 5.13. The van der Waals surface area contributed by atoms with Crippen LogP contribution in [-0.2, 0) is 17.8 Å². The molecule has 0 saturated heterocycles. The van der Waals surface area contributed by atoms with Crippen molar-refractivity contribution in [3.63, 3.8) is 0 Å². The summed E-state index contributed by atoms with van der Waals surface area (Å²) >= 11 is 0. The minimum atomic E-state index is 0.173. The molecule has 0 radical (unpaired) electrons. The Bertz CT molecular complexity index is 608. The van der Waals surface area contributed by atoms with Gasteiger partial charge in [-0.3, -0.25) is 4.79 Å². The van der Waals surface area contributed by atoms with Crippen molar-refractivity contribution in [3.8, 4) is 0 Å². The zero-order valence-electron chi connectivity index (χ0n) is 11.4. The fraction of sp³-hybridized carbons (Fsp3) is 0.312. The average Bonchev–Trinajstić information content (AvgIpc) is 2.97. The van der Waals surface area contributed by atoms with E-state index < -0.39 is 0 Å². The molecule has 2 heterocycles. The fourth-order valence-electron chi connectivity index (χ4n) is 2.77. The molecule has 1 aromatic carbocycles. The number of fused-ring (bicyclic) bond motifs is 1. The van der Waals surface area contributed by atoms with E-state index in [2.05, 4.69) is 22.8 Å². The van der Waals surface area contributed by atoms with Crippen LogP contribution in [0, 0.1) is 13.8 Å². The highest BCUT2D eigenvalue weighted by molar-refractivity contribution is 5.95. The maximum atomic E-state index is 12.5. The lowest BCUT2D eigenvalue weighted by Crippen LogP contribution is -2.32. The average molecular weight is 254 g/mol. The molecule has 0 bridgehead atoms. The molecular weight excluding hydrogens is 236 g/mol. The molecule has 98 valence electrons. The molecule has 0 atom stereocenters. The molecule has 1 aliphatic heterocycles. The number of carbonyl (C=O) groups excluding carboxylic acids is 1. The van der Waals surface area contributed by atoms with Gasteiger partial charge in [0.2, 0.25) is 5.91 Å². The number of aromatic nitrogens is 1. The van der Waals surface area contributed by atoms with Crippen molar-refractivity contribution in [2.45, 2.75) is 26.8 Å². The first-order valence-electron chi connectivity index (χ1n) is 6.68. The van der Waals surface area contributed by atoms with Crippen LogP contribution < -0.4 is 4.90 Å². The Balaban J connectivity index is 1.83. The van der Waals surface area contributed by atoms with Gasteiger partial charge in [0.15, 0.2) is 0 Å². The standard InChI is InChI=1S/C16H18N2O/c1-12-7-8-13(2)18(12)11-16(19)17-10-9-14-5-3-4-6-15(14)17/h3-8H,9-11H2,1-2H3. The third kappa shape index (κ3) is 2.05. The number of benzene rings is 1. The minimum Gasteiger partial charge on any atom is -0.340 e. The number of aryl methyl sites for hydroxylation is 2. The topological polar surface area (TPSA) is 25.2 Å². The Labute approximate surface area is 113 Å². The van der Waals surface area contributed by atoms with Crippen molar-refractivity contribution in [2.24, 2.45) is 0 Å². The van der Waals surface area contributed by atoms with Gasteiger partial charge in [-0.1, -0.05) is 18.2 Å².